The number of nitrogens with one attached hydrogen (secondary N) is 1. The highest BCUT2D eigenvalue weighted by atomic mass is 35.5. The zero-order valence-electron chi connectivity index (χ0n) is 7.92. The molecular formula is C9H9Cl2N3O. The molecule has 0 aliphatic carbocycles. The SMILES string of the molecule is C/C(=N\NC(N)=O)c1cc(Cl)ccc1Cl. The van der Waals surface area contributed by atoms with E-state index in [1.54, 1.807) is 25.1 Å². The van der Waals surface area contributed by atoms with Gasteiger partial charge in [-0.15, -0.1) is 0 Å². The van der Waals surface area contributed by atoms with Crippen molar-refractivity contribution in [3.8, 4) is 0 Å². The van der Waals surface area contributed by atoms with Crippen LogP contribution in [0.2, 0.25) is 10.0 Å². The van der Waals surface area contributed by atoms with Crippen molar-refractivity contribution in [2.45, 2.75) is 6.92 Å². The molecule has 15 heavy (non-hydrogen) atoms. The van der Waals surface area contributed by atoms with E-state index in [0.717, 1.165) is 0 Å². The van der Waals surface area contributed by atoms with E-state index < -0.39 is 6.03 Å². The van der Waals surface area contributed by atoms with E-state index in [0.29, 0.717) is 21.3 Å². The van der Waals surface area contributed by atoms with Gasteiger partial charge in [0, 0.05) is 15.6 Å². The van der Waals surface area contributed by atoms with Crippen LogP contribution >= 0.6 is 23.2 Å². The van der Waals surface area contributed by atoms with Crippen molar-refractivity contribution >= 4 is 34.9 Å². The zero-order valence-corrected chi connectivity index (χ0v) is 9.43. The molecule has 0 saturated heterocycles. The van der Waals surface area contributed by atoms with E-state index in [4.69, 9.17) is 28.9 Å². The maximum atomic E-state index is 10.4. The molecule has 3 N–H and O–H groups in total. The number of benzene rings is 1. The Morgan fingerprint density at radius 3 is 2.73 bits per heavy atom. The maximum absolute atomic E-state index is 10.4. The van der Waals surface area contributed by atoms with Gasteiger partial charge in [-0.25, -0.2) is 10.2 Å². The minimum atomic E-state index is -0.729. The summed E-state index contributed by atoms with van der Waals surface area (Å²) in [5, 5.41) is 4.80. The Hall–Kier alpha value is -1.26. The predicted octanol–water partition coefficient (Wildman–Crippen LogP) is 2.39. The third-order valence-corrected chi connectivity index (χ3v) is 2.22. The summed E-state index contributed by atoms with van der Waals surface area (Å²) >= 11 is 11.7. The minimum Gasteiger partial charge on any atom is -0.350 e. The minimum absolute atomic E-state index is 0.506. The van der Waals surface area contributed by atoms with Gasteiger partial charge in [-0.3, -0.25) is 0 Å². The molecule has 0 bridgehead atoms. The van der Waals surface area contributed by atoms with Gasteiger partial charge in [0.25, 0.3) is 0 Å². The van der Waals surface area contributed by atoms with Crippen LogP contribution in [0.25, 0.3) is 0 Å². The number of urea groups is 1. The lowest BCUT2D eigenvalue weighted by molar-refractivity contribution is 0.249. The molecule has 1 aromatic carbocycles. The number of nitrogens with zero attached hydrogens (tertiary/aromatic N) is 1. The van der Waals surface area contributed by atoms with Gasteiger partial charge in [0.05, 0.1) is 5.71 Å². The number of halogens is 2. The van der Waals surface area contributed by atoms with E-state index in [9.17, 15) is 4.79 Å². The lowest BCUT2D eigenvalue weighted by Crippen LogP contribution is -2.25. The summed E-state index contributed by atoms with van der Waals surface area (Å²) in [6.45, 7) is 1.69. The zero-order chi connectivity index (χ0) is 11.4. The van der Waals surface area contributed by atoms with E-state index >= 15 is 0 Å². The molecule has 0 radical (unpaired) electrons. The summed E-state index contributed by atoms with van der Waals surface area (Å²) in [6, 6.07) is 4.25. The highest BCUT2D eigenvalue weighted by Crippen LogP contribution is 2.21. The molecule has 80 valence electrons. The molecule has 1 aromatic rings. The number of hydrazone groups is 1. The van der Waals surface area contributed by atoms with Gasteiger partial charge >= 0.3 is 6.03 Å². The normalized spacial score (nSPS) is 11.3. The average molecular weight is 246 g/mol. The lowest BCUT2D eigenvalue weighted by atomic mass is 10.1. The fourth-order valence-corrected chi connectivity index (χ4v) is 1.40. The third kappa shape index (κ3) is 3.42. The van der Waals surface area contributed by atoms with Crippen molar-refractivity contribution in [2.75, 3.05) is 0 Å². The summed E-state index contributed by atoms with van der Waals surface area (Å²) in [5.74, 6) is 0. The molecule has 0 unspecified atom stereocenters. The van der Waals surface area contributed by atoms with Gasteiger partial charge in [0.15, 0.2) is 0 Å². The highest BCUT2D eigenvalue weighted by molar-refractivity contribution is 6.36. The second-order valence-corrected chi connectivity index (χ2v) is 3.64. The van der Waals surface area contributed by atoms with Gasteiger partial charge in [0.2, 0.25) is 0 Å². The first-order chi connectivity index (χ1) is 7.00. The van der Waals surface area contributed by atoms with Crippen molar-refractivity contribution in [1.82, 2.24) is 5.43 Å². The Bertz CT molecular complexity index is 418. The topological polar surface area (TPSA) is 67.5 Å². The average Bonchev–Trinajstić information content (AvgIpc) is 2.18. The second-order valence-electron chi connectivity index (χ2n) is 2.80. The summed E-state index contributed by atoms with van der Waals surface area (Å²) in [6.07, 6.45) is 0. The number of carbonyl (C=O) groups is 1. The molecule has 6 heteroatoms. The van der Waals surface area contributed by atoms with Gasteiger partial charge in [-0.1, -0.05) is 23.2 Å². The number of carbonyl (C=O) groups excluding carboxylic acids is 1. The molecule has 0 saturated carbocycles. The molecule has 0 spiro atoms. The molecular weight excluding hydrogens is 237 g/mol. The molecule has 0 atom stereocenters. The Morgan fingerprint density at radius 2 is 2.13 bits per heavy atom. The summed E-state index contributed by atoms with van der Waals surface area (Å²) < 4.78 is 0. The van der Waals surface area contributed by atoms with Crippen LogP contribution in [0.15, 0.2) is 23.3 Å². The van der Waals surface area contributed by atoms with Crippen molar-refractivity contribution in [1.29, 1.82) is 0 Å². The van der Waals surface area contributed by atoms with Crippen molar-refractivity contribution in [3.63, 3.8) is 0 Å². The number of nitrogens with two attached hydrogens (primary N) is 1. The smallest absolute Gasteiger partial charge is 0.332 e. The predicted molar refractivity (Wildman–Crippen MR) is 61.4 cm³/mol. The van der Waals surface area contributed by atoms with Crippen LogP contribution in [-0.2, 0) is 0 Å². The largest absolute Gasteiger partial charge is 0.350 e. The van der Waals surface area contributed by atoms with Crippen LogP contribution in [0, 0.1) is 0 Å². The van der Waals surface area contributed by atoms with Crippen molar-refractivity contribution in [3.05, 3.63) is 33.8 Å². The van der Waals surface area contributed by atoms with Gasteiger partial charge < -0.3 is 5.73 Å². The van der Waals surface area contributed by atoms with E-state index in [1.807, 2.05) is 0 Å². The molecule has 1 rings (SSSR count). The summed E-state index contributed by atoms with van der Waals surface area (Å²) in [7, 11) is 0. The van der Waals surface area contributed by atoms with Crippen molar-refractivity contribution in [2.24, 2.45) is 10.8 Å². The molecule has 2 amide bonds. The number of hydrogen-bond donors (Lipinski definition) is 2. The number of amides is 2. The summed E-state index contributed by atoms with van der Waals surface area (Å²) in [4.78, 5) is 10.4. The Balaban J connectivity index is 2.99. The van der Waals surface area contributed by atoms with Gasteiger partial charge in [-0.05, 0) is 25.1 Å². The van der Waals surface area contributed by atoms with Crippen LogP contribution in [0.1, 0.15) is 12.5 Å². The van der Waals surface area contributed by atoms with E-state index in [1.165, 1.54) is 0 Å². The van der Waals surface area contributed by atoms with Crippen LogP contribution in [-0.4, -0.2) is 11.7 Å². The quantitative estimate of drug-likeness (QED) is 0.610. The Kier molecular flexibility index (Phi) is 3.94. The Morgan fingerprint density at radius 1 is 1.47 bits per heavy atom. The standard InChI is InChI=1S/C9H9Cl2N3O/c1-5(13-14-9(12)15)7-4-6(10)2-3-8(7)11/h2-4H,1H3,(H3,12,14,15)/b13-5+. The van der Waals surface area contributed by atoms with Crippen LogP contribution in [0.5, 0.6) is 0 Å². The van der Waals surface area contributed by atoms with E-state index in [2.05, 4.69) is 10.5 Å². The van der Waals surface area contributed by atoms with Gasteiger partial charge in [0.1, 0.15) is 0 Å². The first kappa shape index (κ1) is 11.8. The fraction of sp³-hybridized carbons (Fsp3) is 0.111. The number of rotatable bonds is 2. The van der Waals surface area contributed by atoms with Crippen LogP contribution in [0.4, 0.5) is 4.79 Å². The number of hydrogen-bond acceptors (Lipinski definition) is 2. The molecule has 0 aromatic heterocycles. The molecule has 0 aliphatic rings. The second kappa shape index (κ2) is 5.00. The van der Waals surface area contributed by atoms with Crippen molar-refractivity contribution < 1.29 is 4.79 Å². The third-order valence-electron chi connectivity index (χ3n) is 1.65. The number of primary amides is 1. The Labute approximate surface area is 97.0 Å². The maximum Gasteiger partial charge on any atom is 0.332 e. The van der Waals surface area contributed by atoms with Crippen LogP contribution in [0.3, 0.4) is 0 Å². The fourth-order valence-electron chi connectivity index (χ4n) is 0.974. The molecule has 0 fully saturated rings. The summed E-state index contributed by atoms with van der Waals surface area (Å²) in [5.41, 5.74) is 8.17. The first-order valence-electron chi connectivity index (χ1n) is 4.06. The highest BCUT2D eigenvalue weighted by Gasteiger charge is 2.04. The molecule has 0 aliphatic heterocycles. The van der Waals surface area contributed by atoms with Crippen LogP contribution < -0.4 is 11.2 Å². The lowest BCUT2D eigenvalue weighted by Gasteiger charge is -2.04. The molecule has 0 heterocycles. The molecule has 4 nitrogen and oxygen atoms in total. The van der Waals surface area contributed by atoms with E-state index in [-0.39, 0.29) is 0 Å². The van der Waals surface area contributed by atoms with Gasteiger partial charge in [-0.2, -0.15) is 5.10 Å². The first-order valence-corrected chi connectivity index (χ1v) is 4.81. The monoisotopic (exact) mass is 245 g/mol.